The van der Waals surface area contributed by atoms with Crippen LogP contribution in [-0.4, -0.2) is 33.5 Å². The first-order chi connectivity index (χ1) is 20.3. The Bertz CT molecular complexity index is 2010. The normalized spacial score (nSPS) is 11.8. The van der Waals surface area contributed by atoms with Gasteiger partial charge in [0.15, 0.2) is 0 Å². The number of carbonyl (C=O) groups excluding carboxylic acids is 1. The van der Waals surface area contributed by atoms with E-state index in [9.17, 15) is 13.2 Å². The van der Waals surface area contributed by atoms with E-state index >= 15 is 0 Å². The summed E-state index contributed by atoms with van der Waals surface area (Å²) in [5.41, 5.74) is 9.42. The Balaban J connectivity index is 1.40. The van der Waals surface area contributed by atoms with Gasteiger partial charge in [-0.2, -0.15) is 11.3 Å². The van der Waals surface area contributed by atoms with Gasteiger partial charge in [-0.3, -0.25) is 4.72 Å². The quantitative estimate of drug-likeness (QED) is 0.216. The summed E-state index contributed by atoms with van der Waals surface area (Å²) in [4.78, 5) is 22.4. The molecule has 0 saturated heterocycles. The summed E-state index contributed by atoms with van der Waals surface area (Å²) >= 11 is 1.45. The van der Waals surface area contributed by atoms with Gasteiger partial charge in [-0.05, 0) is 69.1 Å². The van der Waals surface area contributed by atoms with Crippen LogP contribution in [0.25, 0.3) is 21.8 Å². The molecule has 3 N–H and O–H groups in total. The number of fused-ring (bicyclic) bond motifs is 2. The van der Waals surface area contributed by atoms with Crippen LogP contribution in [0.4, 0.5) is 5.69 Å². The lowest BCUT2D eigenvalue weighted by molar-refractivity contribution is 0.0447. The van der Waals surface area contributed by atoms with E-state index in [0.29, 0.717) is 28.5 Å². The van der Waals surface area contributed by atoms with Crippen LogP contribution in [-0.2, 0) is 47.3 Å². The van der Waals surface area contributed by atoms with Crippen molar-refractivity contribution in [3.05, 3.63) is 112 Å². The second-order valence-corrected chi connectivity index (χ2v) is 12.4. The van der Waals surface area contributed by atoms with E-state index in [1.54, 1.807) is 39.7 Å². The number of sulfonamides is 1. The Labute approximate surface area is 246 Å². The second-order valence-electron chi connectivity index (χ2n) is 9.92. The molecule has 0 aliphatic heterocycles. The first kappa shape index (κ1) is 27.6. The minimum Gasteiger partial charge on any atom is -0.453 e. The van der Waals surface area contributed by atoms with Gasteiger partial charge in [0.05, 0.1) is 18.0 Å². The number of benzene rings is 2. The molecule has 214 valence electrons. The van der Waals surface area contributed by atoms with Crippen LogP contribution < -0.4 is 10.5 Å². The summed E-state index contributed by atoms with van der Waals surface area (Å²) in [5, 5.41) is 6.20. The van der Waals surface area contributed by atoms with Gasteiger partial charge in [0.2, 0.25) is 10.0 Å². The predicted octanol–water partition coefficient (Wildman–Crippen LogP) is 4.79. The van der Waals surface area contributed by atoms with E-state index in [1.807, 2.05) is 60.3 Å². The summed E-state index contributed by atoms with van der Waals surface area (Å²) in [6.45, 7) is 0.484. The summed E-state index contributed by atoms with van der Waals surface area (Å²) < 4.78 is 38.0. The maximum Gasteiger partial charge on any atom is 0.355 e. The molecule has 0 atom stereocenters. The van der Waals surface area contributed by atoms with Crippen LogP contribution in [0, 0.1) is 0 Å². The van der Waals surface area contributed by atoms with E-state index in [0.717, 1.165) is 27.3 Å². The van der Waals surface area contributed by atoms with Crippen molar-refractivity contribution in [1.29, 1.82) is 0 Å². The van der Waals surface area contributed by atoms with E-state index in [2.05, 4.69) is 9.71 Å². The molecule has 0 aliphatic carbocycles. The van der Waals surface area contributed by atoms with Gasteiger partial charge in [0, 0.05) is 37.1 Å². The zero-order valence-electron chi connectivity index (χ0n) is 22.7. The number of carbonyl (C=O) groups is 1. The first-order valence-electron chi connectivity index (χ1n) is 13.2. The average molecular weight is 601 g/mol. The number of nitrogens with two attached hydrogens (primary N) is 1. The molecule has 0 aliphatic rings. The number of pyridine rings is 1. The first-order valence-corrected chi connectivity index (χ1v) is 15.7. The highest BCUT2D eigenvalue weighted by Gasteiger charge is 2.21. The van der Waals surface area contributed by atoms with Gasteiger partial charge in [-0.15, -0.1) is 0 Å². The van der Waals surface area contributed by atoms with Crippen LogP contribution in [0.1, 0.15) is 33.1 Å². The number of nitrogens with zero attached hydrogens (tertiary/aromatic N) is 4. The third kappa shape index (κ3) is 5.77. The van der Waals surface area contributed by atoms with Gasteiger partial charge in [-0.1, -0.05) is 24.3 Å². The Morgan fingerprint density at radius 3 is 2.71 bits per heavy atom. The number of esters is 1. The monoisotopic (exact) mass is 600 g/mol. The van der Waals surface area contributed by atoms with Crippen LogP contribution in [0.5, 0.6) is 0 Å². The number of hydrogen-bond donors (Lipinski definition) is 2. The van der Waals surface area contributed by atoms with Crippen molar-refractivity contribution in [2.75, 3.05) is 4.72 Å². The lowest BCUT2D eigenvalue weighted by Crippen LogP contribution is -2.16. The Morgan fingerprint density at radius 1 is 1.10 bits per heavy atom. The van der Waals surface area contributed by atoms with E-state index in [1.165, 1.54) is 11.3 Å². The molecule has 0 unspecified atom stereocenters. The molecular weight excluding hydrogens is 573 g/mol. The van der Waals surface area contributed by atoms with Gasteiger partial charge < -0.3 is 19.6 Å². The Kier molecular flexibility index (Phi) is 7.50. The molecule has 0 fully saturated rings. The molecule has 42 heavy (non-hydrogen) atoms. The number of nitrogens with one attached hydrogen (secondary N) is 1. The largest absolute Gasteiger partial charge is 0.453 e. The Morgan fingerprint density at radius 2 is 1.95 bits per heavy atom. The maximum absolute atomic E-state index is 13.4. The number of aromatic nitrogens is 4. The van der Waals surface area contributed by atoms with Crippen molar-refractivity contribution < 1.29 is 17.9 Å². The van der Waals surface area contributed by atoms with E-state index < -0.39 is 16.0 Å². The van der Waals surface area contributed by atoms with Gasteiger partial charge >= 0.3 is 5.97 Å². The number of thiophene rings is 1. The molecule has 0 saturated carbocycles. The number of anilines is 1. The predicted molar refractivity (Wildman–Crippen MR) is 164 cm³/mol. The number of ether oxygens (including phenoxy) is 1. The van der Waals surface area contributed by atoms with E-state index in [-0.39, 0.29) is 25.4 Å². The molecule has 0 bridgehead atoms. The summed E-state index contributed by atoms with van der Waals surface area (Å²) in [7, 11) is -1.83. The average Bonchev–Trinajstić information content (AvgIpc) is 3.71. The van der Waals surface area contributed by atoms with E-state index in [4.69, 9.17) is 15.5 Å². The molecule has 0 radical (unpaired) electrons. The molecule has 4 aromatic heterocycles. The van der Waals surface area contributed by atoms with Crippen molar-refractivity contribution in [3.8, 4) is 0 Å². The van der Waals surface area contributed by atoms with Crippen molar-refractivity contribution >= 4 is 54.8 Å². The maximum atomic E-state index is 13.4. The van der Waals surface area contributed by atoms with Crippen molar-refractivity contribution in [2.45, 2.75) is 25.4 Å². The molecular formula is C30H28N6O4S2. The van der Waals surface area contributed by atoms with Crippen molar-refractivity contribution in [3.63, 3.8) is 0 Å². The molecule has 0 amide bonds. The highest BCUT2D eigenvalue weighted by atomic mass is 32.2. The molecule has 6 rings (SSSR count). The van der Waals surface area contributed by atoms with Gasteiger partial charge in [0.1, 0.15) is 23.8 Å². The van der Waals surface area contributed by atoms with Gasteiger partial charge in [-0.25, -0.2) is 23.2 Å². The lowest BCUT2D eigenvalue weighted by Gasteiger charge is -2.15. The SMILES string of the molecule is Cn1ccnc1COC(=O)c1cc2ccc(CN)nc2n1Cc1cc(NS(=O)(=O)Cc2ccsc2)cc2ccccc12. The molecule has 4 heterocycles. The minimum absolute atomic E-state index is 0.00959. The third-order valence-corrected chi connectivity index (χ3v) is 8.95. The summed E-state index contributed by atoms with van der Waals surface area (Å²) in [6.07, 6.45) is 3.43. The van der Waals surface area contributed by atoms with Crippen molar-refractivity contribution in [2.24, 2.45) is 12.8 Å². The van der Waals surface area contributed by atoms with Gasteiger partial charge in [0.25, 0.3) is 0 Å². The minimum atomic E-state index is -3.66. The topological polar surface area (TPSA) is 134 Å². The zero-order chi connectivity index (χ0) is 29.3. The number of hydrogen-bond acceptors (Lipinski definition) is 8. The molecule has 12 heteroatoms. The molecule has 10 nitrogen and oxygen atoms in total. The number of aryl methyl sites for hydroxylation is 1. The highest BCUT2D eigenvalue weighted by Crippen LogP contribution is 2.29. The number of rotatable bonds is 10. The highest BCUT2D eigenvalue weighted by molar-refractivity contribution is 7.91. The van der Waals surface area contributed by atoms with Crippen LogP contribution in [0.15, 0.2) is 83.8 Å². The van der Waals surface area contributed by atoms with Crippen LogP contribution in [0.2, 0.25) is 0 Å². The standard InChI is InChI=1S/C30H28N6O4S2/c1-35-10-9-32-28(35)17-40-30(37)27-14-22-6-7-24(15-31)33-29(22)36(27)16-23-13-25(12-21-4-2-3-5-26(21)23)34-42(38,39)19-20-8-11-41-18-20/h2-14,18,34H,15-17,19,31H2,1H3. The summed E-state index contributed by atoms with van der Waals surface area (Å²) in [5.74, 6) is -0.0382. The molecule has 2 aromatic carbocycles. The fourth-order valence-electron chi connectivity index (χ4n) is 4.91. The Hall–Kier alpha value is -4.52. The number of imidazole rings is 1. The molecule has 0 spiro atoms. The van der Waals surface area contributed by atoms with Crippen LogP contribution in [0.3, 0.4) is 0 Å². The third-order valence-electron chi connectivity index (χ3n) is 6.96. The smallest absolute Gasteiger partial charge is 0.355 e. The molecule has 6 aromatic rings. The summed E-state index contributed by atoms with van der Waals surface area (Å²) in [6, 6.07) is 18.6. The zero-order valence-corrected chi connectivity index (χ0v) is 24.4. The second kappa shape index (κ2) is 11.4. The fourth-order valence-corrected chi connectivity index (χ4v) is 6.85. The van der Waals surface area contributed by atoms with Crippen LogP contribution >= 0.6 is 11.3 Å². The lowest BCUT2D eigenvalue weighted by atomic mass is 10.0. The fraction of sp³-hybridized carbons (Fsp3) is 0.167. The van der Waals surface area contributed by atoms with Crippen molar-refractivity contribution in [1.82, 2.24) is 19.1 Å².